The van der Waals surface area contributed by atoms with Gasteiger partial charge in [0.1, 0.15) is 5.15 Å². The van der Waals surface area contributed by atoms with Crippen molar-refractivity contribution in [3.05, 3.63) is 40.5 Å². The number of halogens is 2. The molecule has 1 heterocycles. The molecule has 0 aliphatic carbocycles. The van der Waals surface area contributed by atoms with Crippen LogP contribution in [0.15, 0.2) is 24.3 Å². The molecule has 0 fully saturated rings. The fraction of sp³-hybridized carbons (Fsp3) is 0.182. The molecule has 1 nitrogen and oxygen atoms in total. The quantitative estimate of drug-likeness (QED) is 0.530. The standard InChI is InChI=1S/C11H9Cl2N/c1-7-3-2-4-8-5-9(6-12)11(13)14-10(7)8/h2-5H,6H2,1H3. The molecule has 0 saturated heterocycles. The molecule has 14 heavy (non-hydrogen) atoms. The van der Waals surface area contributed by atoms with E-state index in [2.05, 4.69) is 4.98 Å². The maximum absolute atomic E-state index is 5.98. The van der Waals surface area contributed by atoms with Crippen molar-refractivity contribution in [1.29, 1.82) is 0 Å². The summed E-state index contributed by atoms with van der Waals surface area (Å²) in [6.45, 7) is 2.02. The Morgan fingerprint density at radius 2 is 2.14 bits per heavy atom. The number of aromatic nitrogens is 1. The minimum atomic E-state index is 0.399. The summed E-state index contributed by atoms with van der Waals surface area (Å²) >= 11 is 11.7. The Hall–Kier alpha value is -0.790. The first-order valence-corrected chi connectivity index (χ1v) is 5.24. The average molecular weight is 226 g/mol. The molecule has 0 spiro atoms. The number of alkyl halides is 1. The van der Waals surface area contributed by atoms with Crippen LogP contribution in [0.4, 0.5) is 0 Å². The fourth-order valence-electron chi connectivity index (χ4n) is 1.46. The zero-order valence-corrected chi connectivity index (χ0v) is 9.23. The van der Waals surface area contributed by atoms with Crippen LogP contribution in [-0.4, -0.2) is 4.98 Å². The Morgan fingerprint density at radius 3 is 2.86 bits per heavy atom. The molecule has 0 amide bonds. The fourth-order valence-corrected chi connectivity index (χ4v) is 1.94. The Balaban J connectivity index is 2.79. The van der Waals surface area contributed by atoms with Crippen molar-refractivity contribution in [2.75, 3.05) is 0 Å². The van der Waals surface area contributed by atoms with E-state index in [1.807, 2.05) is 31.2 Å². The summed E-state index contributed by atoms with van der Waals surface area (Å²) in [4.78, 5) is 4.33. The van der Waals surface area contributed by atoms with Gasteiger partial charge >= 0.3 is 0 Å². The lowest BCUT2D eigenvalue weighted by molar-refractivity contribution is 1.29. The molecule has 72 valence electrons. The molecule has 0 radical (unpaired) electrons. The molecule has 2 rings (SSSR count). The minimum absolute atomic E-state index is 0.399. The lowest BCUT2D eigenvalue weighted by Gasteiger charge is -2.04. The van der Waals surface area contributed by atoms with Crippen LogP contribution in [0.5, 0.6) is 0 Å². The van der Waals surface area contributed by atoms with Crippen LogP contribution in [0.2, 0.25) is 5.15 Å². The third-order valence-corrected chi connectivity index (χ3v) is 2.83. The number of para-hydroxylation sites is 1. The smallest absolute Gasteiger partial charge is 0.134 e. The van der Waals surface area contributed by atoms with Crippen molar-refractivity contribution in [3.8, 4) is 0 Å². The first-order chi connectivity index (χ1) is 6.72. The molecule has 1 aromatic heterocycles. The van der Waals surface area contributed by atoms with E-state index in [9.17, 15) is 0 Å². The average Bonchev–Trinajstić information content (AvgIpc) is 2.19. The van der Waals surface area contributed by atoms with Crippen molar-refractivity contribution in [2.24, 2.45) is 0 Å². The predicted molar refractivity (Wildman–Crippen MR) is 61.0 cm³/mol. The SMILES string of the molecule is Cc1cccc2cc(CCl)c(Cl)nc12. The Labute approximate surface area is 92.7 Å². The van der Waals surface area contributed by atoms with Crippen LogP contribution in [-0.2, 0) is 5.88 Å². The van der Waals surface area contributed by atoms with Crippen LogP contribution in [0.25, 0.3) is 10.9 Å². The van der Waals surface area contributed by atoms with Gasteiger partial charge in [0.25, 0.3) is 0 Å². The van der Waals surface area contributed by atoms with Crippen LogP contribution < -0.4 is 0 Å². The summed E-state index contributed by atoms with van der Waals surface area (Å²) in [5.41, 5.74) is 2.96. The van der Waals surface area contributed by atoms with Crippen molar-refractivity contribution >= 4 is 34.1 Å². The van der Waals surface area contributed by atoms with Crippen LogP contribution in [0, 0.1) is 6.92 Å². The molecule has 0 aliphatic rings. The van der Waals surface area contributed by atoms with E-state index in [4.69, 9.17) is 23.2 Å². The van der Waals surface area contributed by atoms with Crippen LogP contribution >= 0.6 is 23.2 Å². The van der Waals surface area contributed by atoms with E-state index in [1.165, 1.54) is 0 Å². The van der Waals surface area contributed by atoms with Gasteiger partial charge in [0.15, 0.2) is 0 Å². The van der Waals surface area contributed by atoms with Crippen LogP contribution in [0.1, 0.15) is 11.1 Å². The molecule has 1 aromatic carbocycles. The van der Waals surface area contributed by atoms with Crippen molar-refractivity contribution in [3.63, 3.8) is 0 Å². The predicted octanol–water partition coefficient (Wildman–Crippen LogP) is 3.94. The number of pyridine rings is 1. The maximum atomic E-state index is 5.98. The van der Waals surface area contributed by atoms with Gasteiger partial charge < -0.3 is 0 Å². The second-order valence-electron chi connectivity index (χ2n) is 3.22. The summed E-state index contributed by atoms with van der Waals surface area (Å²) < 4.78 is 0. The number of hydrogen-bond donors (Lipinski definition) is 0. The van der Waals surface area contributed by atoms with E-state index < -0.39 is 0 Å². The van der Waals surface area contributed by atoms with Gasteiger partial charge in [0, 0.05) is 10.9 Å². The molecule has 0 saturated carbocycles. The molecule has 0 atom stereocenters. The third kappa shape index (κ3) is 1.58. The van der Waals surface area contributed by atoms with Crippen molar-refractivity contribution in [1.82, 2.24) is 4.98 Å². The molecule has 3 heteroatoms. The van der Waals surface area contributed by atoms with Gasteiger partial charge in [-0.1, -0.05) is 29.8 Å². The second kappa shape index (κ2) is 3.76. The monoisotopic (exact) mass is 225 g/mol. The van der Waals surface area contributed by atoms with E-state index in [0.29, 0.717) is 11.0 Å². The number of rotatable bonds is 1. The van der Waals surface area contributed by atoms with Crippen LogP contribution in [0.3, 0.4) is 0 Å². The summed E-state index contributed by atoms with van der Waals surface area (Å²) in [5, 5.41) is 1.59. The Kier molecular flexibility index (Phi) is 2.62. The van der Waals surface area contributed by atoms with Gasteiger partial charge in [0.2, 0.25) is 0 Å². The highest BCUT2D eigenvalue weighted by Gasteiger charge is 2.04. The van der Waals surface area contributed by atoms with E-state index in [-0.39, 0.29) is 0 Å². The van der Waals surface area contributed by atoms with Crippen molar-refractivity contribution < 1.29 is 0 Å². The van der Waals surface area contributed by atoms with Crippen molar-refractivity contribution in [2.45, 2.75) is 12.8 Å². The Morgan fingerprint density at radius 1 is 1.36 bits per heavy atom. The lowest BCUT2D eigenvalue weighted by atomic mass is 10.1. The first-order valence-electron chi connectivity index (χ1n) is 4.33. The normalized spacial score (nSPS) is 10.8. The highest BCUT2D eigenvalue weighted by molar-refractivity contribution is 6.31. The number of fused-ring (bicyclic) bond motifs is 1. The topological polar surface area (TPSA) is 12.9 Å². The number of nitrogens with zero attached hydrogens (tertiary/aromatic N) is 1. The van der Waals surface area contributed by atoms with Gasteiger partial charge in [-0.3, -0.25) is 0 Å². The number of benzene rings is 1. The Bertz CT molecular complexity index is 480. The molecular weight excluding hydrogens is 217 g/mol. The first kappa shape index (κ1) is 9.75. The highest BCUT2D eigenvalue weighted by Crippen LogP contribution is 2.23. The summed E-state index contributed by atoms with van der Waals surface area (Å²) in [6, 6.07) is 8.03. The van der Waals surface area contributed by atoms with Gasteiger partial charge in [-0.05, 0) is 18.6 Å². The summed E-state index contributed by atoms with van der Waals surface area (Å²) in [7, 11) is 0. The largest absolute Gasteiger partial charge is 0.235 e. The molecule has 0 N–H and O–H groups in total. The van der Waals surface area contributed by atoms with E-state index >= 15 is 0 Å². The maximum Gasteiger partial charge on any atom is 0.134 e. The molecular formula is C11H9Cl2N. The van der Waals surface area contributed by atoms with Gasteiger partial charge in [-0.25, -0.2) is 4.98 Å². The zero-order chi connectivity index (χ0) is 10.1. The summed E-state index contributed by atoms with van der Waals surface area (Å²) in [5.74, 6) is 0.399. The van der Waals surface area contributed by atoms with Gasteiger partial charge in [0.05, 0.1) is 11.4 Å². The number of hydrogen-bond acceptors (Lipinski definition) is 1. The summed E-state index contributed by atoms with van der Waals surface area (Å²) in [6.07, 6.45) is 0. The minimum Gasteiger partial charge on any atom is -0.235 e. The van der Waals surface area contributed by atoms with E-state index in [1.54, 1.807) is 0 Å². The van der Waals surface area contributed by atoms with Gasteiger partial charge in [-0.15, -0.1) is 11.6 Å². The lowest BCUT2D eigenvalue weighted by Crippen LogP contribution is -1.89. The second-order valence-corrected chi connectivity index (χ2v) is 3.84. The number of aryl methyl sites for hydroxylation is 1. The molecule has 0 aliphatic heterocycles. The third-order valence-electron chi connectivity index (χ3n) is 2.22. The van der Waals surface area contributed by atoms with Gasteiger partial charge in [-0.2, -0.15) is 0 Å². The molecule has 2 aromatic rings. The van der Waals surface area contributed by atoms with E-state index in [0.717, 1.165) is 22.0 Å². The highest BCUT2D eigenvalue weighted by atomic mass is 35.5. The molecule has 0 bridgehead atoms. The zero-order valence-electron chi connectivity index (χ0n) is 7.72. The molecule has 0 unspecified atom stereocenters.